The van der Waals surface area contributed by atoms with E-state index in [4.69, 9.17) is 0 Å². The summed E-state index contributed by atoms with van der Waals surface area (Å²) in [5.74, 6) is 1.47. The van der Waals surface area contributed by atoms with Crippen LogP contribution in [0.25, 0.3) is 5.65 Å². The zero-order valence-corrected chi connectivity index (χ0v) is 14.4. The lowest BCUT2D eigenvalue weighted by Gasteiger charge is -2.04. The first-order valence-electron chi connectivity index (χ1n) is 8.19. The van der Waals surface area contributed by atoms with Crippen LogP contribution in [0.4, 0.5) is 11.5 Å². The maximum Gasteiger partial charge on any atom is 0.183 e. The summed E-state index contributed by atoms with van der Waals surface area (Å²) in [7, 11) is 0. The Morgan fingerprint density at radius 1 is 0.958 bits per heavy atom. The fourth-order valence-electron chi connectivity index (χ4n) is 2.58. The minimum Gasteiger partial charge on any atom is -0.504 e. The summed E-state index contributed by atoms with van der Waals surface area (Å²) in [5.41, 5.74) is 3.39. The fourth-order valence-corrected chi connectivity index (χ4v) is 2.58. The molecule has 0 saturated heterocycles. The Hall–Kier alpha value is -2.69. The van der Waals surface area contributed by atoms with E-state index >= 15 is 0 Å². The van der Waals surface area contributed by atoms with Gasteiger partial charge >= 0.3 is 0 Å². The maximum absolute atomic E-state index is 10.0. The van der Waals surface area contributed by atoms with Crippen LogP contribution in [-0.4, -0.2) is 14.5 Å². The molecule has 5 nitrogen and oxygen atoms in total. The number of aromatic hydroxyl groups is 1. The van der Waals surface area contributed by atoms with Gasteiger partial charge in [0, 0.05) is 6.20 Å². The molecule has 5 heteroatoms. The zero-order valence-electron chi connectivity index (χ0n) is 14.4. The van der Waals surface area contributed by atoms with Gasteiger partial charge in [0.05, 0.1) is 11.4 Å². The molecule has 1 aromatic carbocycles. The quantitative estimate of drug-likeness (QED) is 0.626. The second kappa shape index (κ2) is 6.43. The van der Waals surface area contributed by atoms with Crippen molar-refractivity contribution in [2.24, 2.45) is 10.2 Å². The second-order valence-corrected chi connectivity index (χ2v) is 6.51. The molecule has 0 fully saturated rings. The van der Waals surface area contributed by atoms with Crippen LogP contribution < -0.4 is 0 Å². The third-order valence-electron chi connectivity index (χ3n) is 4.00. The third kappa shape index (κ3) is 3.02. The van der Waals surface area contributed by atoms with Gasteiger partial charge in [-0.1, -0.05) is 39.8 Å². The Bertz CT molecular complexity index is 876. The summed E-state index contributed by atoms with van der Waals surface area (Å²) in [5, 5.41) is 18.8. The number of hydrogen-bond acceptors (Lipinski definition) is 4. The van der Waals surface area contributed by atoms with Gasteiger partial charge in [0.1, 0.15) is 0 Å². The minimum atomic E-state index is 0.141. The maximum atomic E-state index is 10.0. The Morgan fingerprint density at radius 2 is 1.67 bits per heavy atom. The van der Waals surface area contributed by atoms with Gasteiger partial charge in [-0.05, 0) is 41.7 Å². The summed E-state index contributed by atoms with van der Waals surface area (Å²) in [4.78, 5) is 4.52. The molecule has 0 saturated carbocycles. The van der Waals surface area contributed by atoms with Crippen molar-refractivity contribution in [2.45, 2.75) is 39.5 Å². The first-order valence-corrected chi connectivity index (χ1v) is 8.19. The van der Waals surface area contributed by atoms with E-state index in [9.17, 15) is 5.11 Å². The van der Waals surface area contributed by atoms with Gasteiger partial charge < -0.3 is 5.11 Å². The van der Waals surface area contributed by atoms with Crippen LogP contribution in [0.15, 0.2) is 52.8 Å². The van der Waals surface area contributed by atoms with E-state index < -0.39 is 0 Å². The molecule has 0 aliphatic heterocycles. The number of imidazole rings is 1. The predicted octanol–water partition coefficient (Wildman–Crippen LogP) is 5.70. The van der Waals surface area contributed by atoms with Gasteiger partial charge in [-0.25, -0.2) is 4.98 Å². The first-order chi connectivity index (χ1) is 11.5. The van der Waals surface area contributed by atoms with Crippen molar-refractivity contribution in [1.82, 2.24) is 9.38 Å². The Kier molecular flexibility index (Phi) is 4.34. The highest BCUT2D eigenvalue weighted by atomic mass is 16.3. The molecule has 0 spiro atoms. The van der Waals surface area contributed by atoms with Gasteiger partial charge in [0.2, 0.25) is 0 Å². The fraction of sp³-hybridized carbons (Fsp3) is 0.316. The first kappa shape index (κ1) is 16.2. The molecule has 3 rings (SSSR count). The van der Waals surface area contributed by atoms with Gasteiger partial charge in [-0.15, -0.1) is 10.2 Å². The number of rotatable bonds is 4. The topological polar surface area (TPSA) is 62.2 Å². The van der Waals surface area contributed by atoms with Crippen LogP contribution in [0, 0.1) is 0 Å². The largest absolute Gasteiger partial charge is 0.504 e. The molecular formula is C19H22N4O. The third-order valence-corrected chi connectivity index (χ3v) is 4.00. The summed E-state index contributed by atoms with van der Waals surface area (Å²) in [6, 6.07) is 11.5. The molecule has 1 N–H and O–H groups in total. The van der Waals surface area contributed by atoms with E-state index in [1.807, 2.05) is 18.3 Å². The number of fused-ring (bicyclic) bond motifs is 1. The molecule has 0 unspecified atom stereocenters. The Morgan fingerprint density at radius 3 is 2.29 bits per heavy atom. The van der Waals surface area contributed by atoms with E-state index in [0.717, 1.165) is 11.4 Å². The average Bonchev–Trinajstić information content (AvgIpc) is 2.93. The van der Waals surface area contributed by atoms with Crippen molar-refractivity contribution in [3.63, 3.8) is 0 Å². The highest BCUT2D eigenvalue weighted by molar-refractivity contribution is 5.60. The van der Waals surface area contributed by atoms with Crippen LogP contribution in [0.2, 0.25) is 0 Å². The lowest BCUT2D eigenvalue weighted by Crippen LogP contribution is -1.87. The zero-order chi connectivity index (χ0) is 17.3. The minimum absolute atomic E-state index is 0.141. The summed E-state index contributed by atoms with van der Waals surface area (Å²) in [6.07, 6.45) is 1.84. The molecule has 0 bridgehead atoms. The van der Waals surface area contributed by atoms with Gasteiger partial charge in [0.25, 0.3) is 0 Å². The van der Waals surface area contributed by atoms with Crippen LogP contribution >= 0.6 is 0 Å². The van der Waals surface area contributed by atoms with Crippen molar-refractivity contribution in [3.8, 4) is 5.75 Å². The molecule has 24 heavy (non-hydrogen) atoms. The molecule has 3 aromatic rings. The van der Waals surface area contributed by atoms with Crippen LogP contribution in [0.1, 0.15) is 50.8 Å². The Balaban J connectivity index is 2.02. The van der Waals surface area contributed by atoms with E-state index in [0.29, 0.717) is 17.4 Å². The smallest absolute Gasteiger partial charge is 0.183 e. The van der Waals surface area contributed by atoms with Crippen molar-refractivity contribution in [1.29, 1.82) is 0 Å². The van der Waals surface area contributed by atoms with Crippen LogP contribution in [0.3, 0.4) is 0 Å². The molecule has 0 atom stereocenters. The molecule has 0 aliphatic rings. The van der Waals surface area contributed by atoms with Crippen molar-refractivity contribution in [2.75, 3.05) is 0 Å². The molecule has 124 valence electrons. The van der Waals surface area contributed by atoms with E-state index in [1.165, 1.54) is 5.56 Å². The summed E-state index contributed by atoms with van der Waals surface area (Å²) >= 11 is 0. The number of nitrogens with zero attached hydrogens (tertiary/aromatic N) is 4. The standard InChI is InChI=1S/C19H22N4O/c1-12(2)14-7-9-15(10-8-14)21-22-19-17(13(3)4)20-18-16(24)6-5-11-23(18)19/h5-13,24H,1-4H3. The lowest BCUT2D eigenvalue weighted by molar-refractivity contribution is 0.477. The Labute approximate surface area is 141 Å². The molecule has 2 heterocycles. The van der Waals surface area contributed by atoms with E-state index in [-0.39, 0.29) is 11.7 Å². The molecule has 2 aromatic heterocycles. The number of azo groups is 1. The highest BCUT2D eigenvalue weighted by Crippen LogP contribution is 2.32. The van der Waals surface area contributed by atoms with Crippen LogP contribution in [-0.2, 0) is 0 Å². The van der Waals surface area contributed by atoms with Gasteiger partial charge in [-0.3, -0.25) is 4.40 Å². The predicted molar refractivity (Wildman–Crippen MR) is 95.7 cm³/mol. The number of pyridine rings is 1. The second-order valence-electron chi connectivity index (χ2n) is 6.51. The molecule has 0 amide bonds. The van der Waals surface area contributed by atoms with Gasteiger partial charge in [-0.2, -0.15) is 0 Å². The summed E-state index contributed by atoms with van der Waals surface area (Å²) in [6.45, 7) is 8.43. The molecular weight excluding hydrogens is 300 g/mol. The van der Waals surface area contributed by atoms with Crippen molar-refractivity contribution in [3.05, 3.63) is 53.9 Å². The average molecular weight is 322 g/mol. The van der Waals surface area contributed by atoms with Crippen molar-refractivity contribution < 1.29 is 5.11 Å². The number of benzene rings is 1. The van der Waals surface area contributed by atoms with Crippen LogP contribution in [0.5, 0.6) is 5.75 Å². The summed E-state index contributed by atoms with van der Waals surface area (Å²) < 4.78 is 1.77. The van der Waals surface area contributed by atoms with Gasteiger partial charge in [0.15, 0.2) is 17.2 Å². The highest BCUT2D eigenvalue weighted by Gasteiger charge is 2.16. The number of hydrogen-bond donors (Lipinski definition) is 1. The SMILES string of the molecule is CC(C)c1ccc(N=Nc2c(C(C)C)nc3c(O)cccn23)cc1. The lowest BCUT2D eigenvalue weighted by atomic mass is 10.0. The normalized spacial score (nSPS) is 12.1. The molecule has 0 aliphatic carbocycles. The monoisotopic (exact) mass is 322 g/mol. The van der Waals surface area contributed by atoms with E-state index in [1.54, 1.807) is 16.5 Å². The number of aromatic nitrogens is 2. The molecule has 0 radical (unpaired) electrons. The van der Waals surface area contributed by atoms with Crippen molar-refractivity contribution >= 4 is 17.2 Å². The van der Waals surface area contributed by atoms with E-state index in [2.05, 4.69) is 55.0 Å².